The molecular formula is C46H66O28. The van der Waals surface area contributed by atoms with Gasteiger partial charge in [0.15, 0.2) is 18.7 Å². The minimum absolute atomic E-state index is 0.00365. The van der Waals surface area contributed by atoms with Crippen molar-refractivity contribution in [1.29, 1.82) is 0 Å². The van der Waals surface area contributed by atoms with Gasteiger partial charge in [0.25, 0.3) is 0 Å². The van der Waals surface area contributed by atoms with E-state index in [-0.39, 0.29) is 22.6 Å². The Morgan fingerprint density at radius 3 is 1.32 bits per heavy atom. The highest BCUT2D eigenvalue weighted by Crippen LogP contribution is 2.36. The van der Waals surface area contributed by atoms with Crippen molar-refractivity contribution < 1.29 is 139 Å². The molecule has 0 radical (unpaired) electrons. The first-order chi connectivity index (χ1) is 35.1. The molecule has 4 aliphatic heterocycles. The standard InChI is InChI=1S/C46H66O28/c1-18(2)11-46(74-44-36(60)32(56)29(53)25(14-49)71-44,45(64)66-17-20-5-9-21(10-6-20)67-41-34(58)30(54)27(51)23(12-47)69-41)39(62)40(63)65-16-19-3-7-22(8-4-19)68-42-37(61)33(57)38(26(15-50)72-42)73-43-35(59)31(55)28(52)24(13-48)70-43/h3-10,18,23-39,41-44,47-62H,11-17H2,1-2H3. The van der Waals surface area contributed by atoms with Gasteiger partial charge < -0.3 is 129 Å². The third-order valence-electron chi connectivity index (χ3n) is 12.8. The first-order valence-corrected chi connectivity index (χ1v) is 23.5. The molecule has 22 unspecified atom stereocenters. The average Bonchev–Trinajstić information content (AvgIpc) is 3.39. The normalized spacial score (nSPS) is 37.9. The molecule has 6 rings (SSSR count). The Kier molecular flexibility index (Phi) is 20.8. The molecule has 2 aromatic carbocycles. The third kappa shape index (κ3) is 13.3. The van der Waals surface area contributed by atoms with Crippen molar-refractivity contribution in [3.05, 3.63) is 59.7 Å². The summed E-state index contributed by atoms with van der Waals surface area (Å²) in [6.45, 7) is -1.19. The number of hydrogen-bond donors (Lipinski definition) is 16. The highest BCUT2D eigenvalue weighted by molar-refractivity contribution is 5.89. The van der Waals surface area contributed by atoms with Crippen molar-refractivity contribution in [3.8, 4) is 11.5 Å². The molecule has 4 aliphatic rings. The SMILES string of the molecule is CC(C)CC(OC1OC(CO)C(O)C(O)C1O)(C(=O)OCc1ccc(OC2OC(CO)C(O)C(O)C2O)cc1)C(O)C(=O)OCc1ccc(OC2OC(CO)C(OC3OC(CO)C(O)C(O)C3O)C(O)C2O)cc1. The molecule has 28 heteroatoms. The molecule has 0 bridgehead atoms. The summed E-state index contributed by atoms with van der Waals surface area (Å²) >= 11 is 0. The van der Waals surface area contributed by atoms with Crippen LogP contribution in [0.1, 0.15) is 31.4 Å². The first kappa shape index (κ1) is 59.3. The van der Waals surface area contributed by atoms with Gasteiger partial charge in [-0.25, -0.2) is 9.59 Å². The van der Waals surface area contributed by atoms with E-state index < -0.39 is 198 Å². The molecule has 0 spiro atoms. The van der Waals surface area contributed by atoms with Gasteiger partial charge in [-0.05, 0) is 47.7 Å². The molecule has 0 aliphatic carbocycles. The van der Waals surface area contributed by atoms with Crippen LogP contribution in [0.15, 0.2) is 48.5 Å². The summed E-state index contributed by atoms with van der Waals surface area (Å²) in [7, 11) is 0. The van der Waals surface area contributed by atoms with Crippen molar-refractivity contribution in [2.75, 3.05) is 26.4 Å². The molecule has 28 nitrogen and oxygen atoms in total. The number of aliphatic hydroxyl groups is 16. The van der Waals surface area contributed by atoms with Crippen molar-refractivity contribution in [2.24, 2.45) is 5.92 Å². The van der Waals surface area contributed by atoms with E-state index in [1.54, 1.807) is 13.8 Å². The predicted molar refractivity (Wildman–Crippen MR) is 237 cm³/mol. The minimum Gasteiger partial charge on any atom is -0.462 e. The third-order valence-corrected chi connectivity index (χ3v) is 12.8. The fourth-order valence-corrected chi connectivity index (χ4v) is 8.55. The van der Waals surface area contributed by atoms with Gasteiger partial charge in [0, 0.05) is 0 Å². The summed E-state index contributed by atoms with van der Waals surface area (Å²) in [6, 6.07) is 10.9. The van der Waals surface area contributed by atoms with Crippen molar-refractivity contribution >= 4 is 11.9 Å². The van der Waals surface area contributed by atoms with E-state index in [0.29, 0.717) is 0 Å². The number of hydrogen-bond acceptors (Lipinski definition) is 28. The van der Waals surface area contributed by atoms with Crippen LogP contribution in [0.25, 0.3) is 0 Å². The average molecular weight is 1070 g/mol. The molecule has 0 aromatic heterocycles. The van der Waals surface area contributed by atoms with Crippen LogP contribution in [0.2, 0.25) is 0 Å². The molecule has 2 aromatic rings. The van der Waals surface area contributed by atoms with Crippen LogP contribution >= 0.6 is 0 Å². The number of aliphatic hydroxyl groups excluding tert-OH is 16. The molecule has 74 heavy (non-hydrogen) atoms. The van der Waals surface area contributed by atoms with Gasteiger partial charge in [-0.2, -0.15) is 0 Å². The molecule has 0 saturated carbocycles. The summed E-state index contributed by atoms with van der Waals surface area (Å²) < 4.78 is 55.6. The Labute approximate surface area is 421 Å². The zero-order valence-electron chi connectivity index (χ0n) is 39.8. The lowest BCUT2D eigenvalue weighted by atomic mass is 9.86. The Morgan fingerprint density at radius 1 is 0.500 bits per heavy atom. The molecule has 22 atom stereocenters. The van der Waals surface area contributed by atoms with Gasteiger partial charge in [-0.3, -0.25) is 0 Å². The van der Waals surface area contributed by atoms with Crippen LogP contribution < -0.4 is 9.47 Å². The highest BCUT2D eigenvalue weighted by Gasteiger charge is 2.58. The maximum atomic E-state index is 14.3. The van der Waals surface area contributed by atoms with Crippen molar-refractivity contribution in [2.45, 2.75) is 168 Å². The van der Waals surface area contributed by atoms with E-state index in [1.807, 2.05) is 0 Å². The second-order valence-electron chi connectivity index (χ2n) is 18.6. The quantitative estimate of drug-likeness (QED) is 0.0517. The van der Waals surface area contributed by atoms with E-state index in [2.05, 4.69) is 0 Å². The fraction of sp³-hybridized carbons (Fsp3) is 0.696. The zero-order chi connectivity index (χ0) is 54.3. The lowest BCUT2D eigenvalue weighted by Crippen LogP contribution is -2.65. The van der Waals surface area contributed by atoms with E-state index in [4.69, 9.17) is 47.4 Å². The lowest BCUT2D eigenvalue weighted by Gasteiger charge is -2.45. The second-order valence-corrected chi connectivity index (χ2v) is 18.6. The smallest absolute Gasteiger partial charge is 0.342 e. The molecule has 4 heterocycles. The monoisotopic (exact) mass is 1070 g/mol. The van der Waals surface area contributed by atoms with E-state index >= 15 is 0 Å². The molecule has 0 amide bonds. The topological polar surface area (TPSA) is 450 Å². The summed E-state index contributed by atoms with van der Waals surface area (Å²) in [5.74, 6) is -3.41. The number of benzene rings is 2. The molecule has 4 saturated heterocycles. The molecular weight excluding hydrogens is 1000 g/mol. The van der Waals surface area contributed by atoms with Crippen LogP contribution in [0.3, 0.4) is 0 Å². The van der Waals surface area contributed by atoms with Crippen LogP contribution in [0, 0.1) is 5.92 Å². The number of rotatable bonds is 21. The van der Waals surface area contributed by atoms with Crippen molar-refractivity contribution in [1.82, 2.24) is 0 Å². The Bertz CT molecular complexity index is 2060. The summed E-state index contributed by atoms with van der Waals surface area (Å²) in [5.41, 5.74) is -2.27. The Morgan fingerprint density at radius 2 is 0.878 bits per heavy atom. The lowest BCUT2D eigenvalue weighted by molar-refractivity contribution is -0.352. The fourth-order valence-electron chi connectivity index (χ4n) is 8.55. The maximum absolute atomic E-state index is 14.3. The predicted octanol–water partition coefficient (Wildman–Crippen LogP) is -7.38. The number of ether oxygens (including phenoxy) is 10. The second kappa shape index (κ2) is 26.0. The number of carbonyl (C=O) groups is 2. The maximum Gasteiger partial charge on any atom is 0.342 e. The van der Waals surface area contributed by atoms with E-state index in [1.165, 1.54) is 48.5 Å². The Balaban J connectivity index is 1.13. The molecule has 418 valence electrons. The van der Waals surface area contributed by atoms with Crippen LogP contribution in [0.4, 0.5) is 0 Å². The van der Waals surface area contributed by atoms with Gasteiger partial charge in [-0.1, -0.05) is 38.1 Å². The van der Waals surface area contributed by atoms with Gasteiger partial charge in [0.2, 0.25) is 18.2 Å². The highest BCUT2D eigenvalue weighted by atomic mass is 16.8. The number of esters is 2. The van der Waals surface area contributed by atoms with Crippen LogP contribution in [-0.2, 0) is 60.7 Å². The van der Waals surface area contributed by atoms with Crippen molar-refractivity contribution in [3.63, 3.8) is 0 Å². The summed E-state index contributed by atoms with van der Waals surface area (Å²) in [4.78, 5) is 28.2. The van der Waals surface area contributed by atoms with E-state index in [0.717, 1.165) is 0 Å². The minimum atomic E-state index is -2.79. The van der Waals surface area contributed by atoms with Gasteiger partial charge in [0.1, 0.15) is 122 Å². The largest absolute Gasteiger partial charge is 0.462 e. The summed E-state index contributed by atoms with van der Waals surface area (Å²) in [5, 5.41) is 166. The Hall–Kier alpha value is -3.90. The van der Waals surface area contributed by atoms with Crippen LogP contribution in [0.5, 0.6) is 11.5 Å². The van der Waals surface area contributed by atoms with Gasteiger partial charge >= 0.3 is 11.9 Å². The van der Waals surface area contributed by atoms with Crippen LogP contribution in [-0.4, -0.2) is 255 Å². The van der Waals surface area contributed by atoms with E-state index in [9.17, 15) is 91.3 Å². The first-order valence-electron chi connectivity index (χ1n) is 23.5. The summed E-state index contributed by atoms with van der Waals surface area (Å²) in [6.07, 6.45) is -37.4. The van der Waals surface area contributed by atoms with Gasteiger partial charge in [-0.15, -0.1) is 0 Å². The molecule has 4 fully saturated rings. The number of carbonyl (C=O) groups excluding carboxylic acids is 2. The molecule has 16 N–H and O–H groups in total. The van der Waals surface area contributed by atoms with Gasteiger partial charge in [0.05, 0.1) is 26.4 Å². The zero-order valence-corrected chi connectivity index (χ0v) is 39.8.